The summed E-state index contributed by atoms with van der Waals surface area (Å²) in [5, 5.41) is 10.6. The molecule has 0 unspecified atom stereocenters. The predicted octanol–water partition coefficient (Wildman–Crippen LogP) is 1.58. The zero-order chi connectivity index (χ0) is 14.4. The summed E-state index contributed by atoms with van der Waals surface area (Å²) < 4.78 is 1.82. The van der Waals surface area contributed by atoms with Gasteiger partial charge in [0, 0.05) is 56.4 Å². The average Bonchev–Trinajstić information content (AvgIpc) is 2.89. The van der Waals surface area contributed by atoms with Gasteiger partial charge in [0.2, 0.25) is 0 Å². The van der Waals surface area contributed by atoms with Crippen LogP contribution < -0.4 is 10.2 Å². The normalized spacial score (nSPS) is 16.0. The molecule has 1 N–H and O–H groups in total. The van der Waals surface area contributed by atoms with Crippen LogP contribution in [-0.4, -0.2) is 45.9 Å². The van der Waals surface area contributed by atoms with Crippen LogP contribution in [0.25, 0.3) is 21.9 Å². The van der Waals surface area contributed by atoms with Crippen LogP contribution in [0, 0.1) is 0 Å². The number of rotatable bonds is 1. The molecule has 3 aromatic rings. The van der Waals surface area contributed by atoms with E-state index < -0.39 is 0 Å². The van der Waals surface area contributed by atoms with Crippen LogP contribution in [0.4, 0.5) is 5.82 Å². The van der Waals surface area contributed by atoms with E-state index in [0.29, 0.717) is 10.7 Å². The molecule has 0 atom stereocenters. The number of hydrogen-bond donors (Lipinski definition) is 1. The zero-order valence-electron chi connectivity index (χ0n) is 11.7. The van der Waals surface area contributed by atoms with Gasteiger partial charge in [-0.05, 0) is 6.07 Å². The first-order valence-corrected chi connectivity index (χ1v) is 7.34. The summed E-state index contributed by atoms with van der Waals surface area (Å²) in [5.41, 5.74) is 1.63. The molecule has 0 aliphatic carbocycles. The number of aryl methyl sites for hydroxylation is 1. The van der Waals surface area contributed by atoms with Crippen molar-refractivity contribution in [1.29, 1.82) is 0 Å². The third kappa shape index (κ3) is 2.11. The number of pyridine rings is 2. The lowest BCUT2D eigenvalue weighted by molar-refractivity contribution is 0.586. The van der Waals surface area contributed by atoms with Gasteiger partial charge in [0.15, 0.2) is 11.5 Å². The Labute approximate surface area is 126 Å². The minimum atomic E-state index is 0.615. The summed E-state index contributed by atoms with van der Waals surface area (Å²) in [4.78, 5) is 11.4. The Morgan fingerprint density at radius 3 is 2.86 bits per heavy atom. The number of aromatic nitrogens is 4. The lowest BCUT2D eigenvalue weighted by atomic mass is 10.2. The maximum absolute atomic E-state index is 6.08. The monoisotopic (exact) mass is 302 g/mol. The summed E-state index contributed by atoms with van der Waals surface area (Å²) in [6.45, 7) is 3.78. The molecular weight excluding hydrogens is 288 g/mol. The van der Waals surface area contributed by atoms with E-state index in [0.717, 1.165) is 48.3 Å². The Bertz CT molecular complexity index is 821. The van der Waals surface area contributed by atoms with Gasteiger partial charge in [-0.1, -0.05) is 11.6 Å². The third-order valence-electron chi connectivity index (χ3n) is 3.79. The summed E-state index contributed by atoms with van der Waals surface area (Å²) >= 11 is 6.08. The molecule has 0 bridgehead atoms. The number of halogens is 1. The lowest BCUT2D eigenvalue weighted by Crippen LogP contribution is -2.44. The van der Waals surface area contributed by atoms with E-state index in [2.05, 4.69) is 20.3 Å². The molecule has 1 saturated heterocycles. The highest BCUT2D eigenvalue weighted by atomic mass is 35.5. The van der Waals surface area contributed by atoms with E-state index in [1.165, 1.54) is 0 Å². The quantitative estimate of drug-likeness (QED) is 0.739. The van der Waals surface area contributed by atoms with Crippen LogP contribution in [0.15, 0.2) is 18.5 Å². The van der Waals surface area contributed by atoms with E-state index in [4.69, 9.17) is 16.6 Å². The van der Waals surface area contributed by atoms with Crippen LogP contribution in [0.2, 0.25) is 5.02 Å². The summed E-state index contributed by atoms with van der Waals surface area (Å²) in [5.74, 6) is 0.912. The van der Waals surface area contributed by atoms with Crippen molar-refractivity contribution in [2.75, 3.05) is 31.1 Å². The van der Waals surface area contributed by atoms with E-state index in [-0.39, 0.29) is 0 Å². The minimum absolute atomic E-state index is 0.615. The first kappa shape index (κ1) is 12.8. The van der Waals surface area contributed by atoms with Gasteiger partial charge in [0.1, 0.15) is 5.52 Å². The molecule has 6 nitrogen and oxygen atoms in total. The Hall–Kier alpha value is -1.92. The van der Waals surface area contributed by atoms with Crippen molar-refractivity contribution in [2.45, 2.75) is 0 Å². The Morgan fingerprint density at radius 1 is 1.24 bits per heavy atom. The smallest absolute Gasteiger partial charge is 0.162 e. The van der Waals surface area contributed by atoms with Crippen LogP contribution >= 0.6 is 11.6 Å². The SMILES string of the molecule is Cn1cc2c(n1)c(N1CCNCC1)nc1ncc(Cl)cc12. The van der Waals surface area contributed by atoms with Crippen molar-refractivity contribution >= 4 is 39.4 Å². The number of nitrogens with zero attached hydrogens (tertiary/aromatic N) is 5. The second kappa shape index (κ2) is 4.82. The molecule has 21 heavy (non-hydrogen) atoms. The predicted molar refractivity (Wildman–Crippen MR) is 83.9 cm³/mol. The summed E-state index contributed by atoms with van der Waals surface area (Å²) in [6.07, 6.45) is 3.64. The van der Waals surface area contributed by atoms with E-state index in [9.17, 15) is 0 Å². The first-order chi connectivity index (χ1) is 10.2. The number of nitrogens with one attached hydrogen (secondary N) is 1. The molecule has 108 valence electrons. The molecule has 1 aliphatic heterocycles. The second-order valence-electron chi connectivity index (χ2n) is 5.26. The summed E-state index contributed by atoms with van der Waals surface area (Å²) in [6, 6.07) is 1.91. The van der Waals surface area contributed by atoms with Gasteiger partial charge in [0.25, 0.3) is 0 Å². The van der Waals surface area contributed by atoms with Gasteiger partial charge in [-0.25, -0.2) is 9.97 Å². The zero-order valence-corrected chi connectivity index (χ0v) is 12.4. The molecule has 0 amide bonds. The molecule has 0 aromatic carbocycles. The van der Waals surface area contributed by atoms with Gasteiger partial charge >= 0.3 is 0 Å². The fraction of sp³-hybridized carbons (Fsp3) is 0.357. The van der Waals surface area contributed by atoms with E-state index in [1.807, 2.05) is 24.0 Å². The largest absolute Gasteiger partial charge is 0.352 e. The Morgan fingerprint density at radius 2 is 2.05 bits per heavy atom. The Kier molecular flexibility index (Phi) is 2.94. The molecule has 4 heterocycles. The highest BCUT2D eigenvalue weighted by Gasteiger charge is 2.19. The number of piperazine rings is 1. The fourth-order valence-corrected chi connectivity index (χ4v) is 2.98. The maximum atomic E-state index is 6.08. The maximum Gasteiger partial charge on any atom is 0.162 e. The van der Waals surface area contributed by atoms with Gasteiger partial charge in [-0.2, -0.15) is 5.10 Å². The van der Waals surface area contributed by atoms with Crippen LogP contribution in [-0.2, 0) is 7.05 Å². The Balaban J connectivity index is 2.02. The fourth-order valence-electron chi connectivity index (χ4n) is 2.82. The second-order valence-corrected chi connectivity index (χ2v) is 5.70. The molecular formula is C14H15ClN6. The molecule has 1 fully saturated rings. The van der Waals surface area contributed by atoms with Crippen molar-refractivity contribution in [3.63, 3.8) is 0 Å². The van der Waals surface area contributed by atoms with Gasteiger partial charge in [-0.3, -0.25) is 4.68 Å². The number of anilines is 1. The summed E-state index contributed by atoms with van der Waals surface area (Å²) in [7, 11) is 1.92. The molecule has 1 aliphatic rings. The minimum Gasteiger partial charge on any atom is -0.352 e. The number of hydrogen-bond acceptors (Lipinski definition) is 5. The molecule has 0 radical (unpaired) electrons. The van der Waals surface area contributed by atoms with Crippen molar-refractivity contribution in [3.8, 4) is 0 Å². The topological polar surface area (TPSA) is 58.9 Å². The molecule has 0 spiro atoms. The molecule has 0 saturated carbocycles. The van der Waals surface area contributed by atoms with Crippen molar-refractivity contribution in [1.82, 2.24) is 25.1 Å². The van der Waals surface area contributed by atoms with Gasteiger partial charge in [-0.15, -0.1) is 0 Å². The molecule has 4 rings (SSSR count). The van der Waals surface area contributed by atoms with Gasteiger partial charge in [0.05, 0.1) is 5.02 Å². The molecule has 7 heteroatoms. The van der Waals surface area contributed by atoms with Gasteiger partial charge < -0.3 is 10.2 Å². The van der Waals surface area contributed by atoms with E-state index >= 15 is 0 Å². The number of fused-ring (bicyclic) bond motifs is 3. The average molecular weight is 303 g/mol. The highest BCUT2D eigenvalue weighted by Crippen LogP contribution is 2.30. The van der Waals surface area contributed by atoms with Crippen molar-refractivity contribution < 1.29 is 0 Å². The van der Waals surface area contributed by atoms with Crippen molar-refractivity contribution in [3.05, 3.63) is 23.5 Å². The van der Waals surface area contributed by atoms with E-state index in [1.54, 1.807) is 6.20 Å². The molecule has 3 aromatic heterocycles. The van der Waals surface area contributed by atoms with Crippen LogP contribution in [0.3, 0.4) is 0 Å². The highest BCUT2D eigenvalue weighted by molar-refractivity contribution is 6.31. The third-order valence-corrected chi connectivity index (χ3v) is 4.00. The van der Waals surface area contributed by atoms with Crippen LogP contribution in [0.1, 0.15) is 0 Å². The van der Waals surface area contributed by atoms with Crippen LogP contribution in [0.5, 0.6) is 0 Å². The lowest BCUT2D eigenvalue weighted by Gasteiger charge is -2.28. The van der Waals surface area contributed by atoms with Crippen molar-refractivity contribution in [2.24, 2.45) is 7.05 Å². The first-order valence-electron chi connectivity index (χ1n) is 6.96. The standard InChI is InChI=1S/C14H15ClN6/c1-20-8-11-10-6-9(15)7-17-13(10)18-14(12(11)19-20)21-4-2-16-3-5-21/h6-8,16H,2-5H2,1H3.